The molecule has 0 N–H and O–H groups in total. The van der Waals surface area contributed by atoms with Crippen LogP contribution in [-0.2, 0) is 10.0 Å². The number of benzene rings is 2. The third-order valence-electron chi connectivity index (χ3n) is 4.62. The van der Waals surface area contributed by atoms with Crippen LogP contribution >= 0.6 is 11.6 Å². The van der Waals surface area contributed by atoms with Gasteiger partial charge in [-0.25, -0.2) is 8.42 Å². The molecule has 1 saturated heterocycles. The molecule has 1 aliphatic heterocycles. The van der Waals surface area contributed by atoms with Crippen LogP contribution in [0.2, 0.25) is 5.02 Å². The Balaban J connectivity index is 1.46. The predicted molar refractivity (Wildman–Crippen MR) is 103 cm³/mol. The highest BCUT2D eigenvalue weighted by molar-refractivity contribution is 7.89. The molecule has 7 nitrogen and oxygen atoms in total. The van der Waals surface area contributed by atoms with Gasteiger partial charge >= 0.3 is 0 Å². The number of aromatic nitrogens is 2. The van der Waals surface area contributed by atoms with Crippen molar-refractivity contribution in [3.05, 3.63) is 65.0 Å². The van der Waals surface area contributed by atoms with Crippen molar-refractivity contribution in [3.63, 3.8) is 0 Å². The Bertz CT molecular complexity index is 1140. The third kappa shape index (κ3) is 3.46. The van der Waals surface area contributed by atoms with Gasteiger partial charge in [0.05, 0.1) is 10.8 Å². The SMILES string of the molecule is CC(=O)c1ccc(S(=O)(=O)N2CC(c3nc(-c4cccc(Cl)c4)no3)C2)cc1. The van der Waals surface area contributed by atoms with Gasteiger partial charge in [-0.15, -0.1) is 0 Å². The summed E-state index contributed by atoms with van der Waals surface area (Å²) in [4.78, 5) is 15.9. The molecule has 28 heavy (non-hydrogen) atoms. The summed E-state index contributed by atoms with van der Waals surface area (Å²) in [6.45, 7) is 1.95. The molecule has 0 saturated carbocycles. The predicted octanol–water partition coefficient (Wildman–Crippen LogP) is 3.38. The van der Waals surface area contributed by atoms with Crippen LogP contribution in [0.5, 0.6) is 0 Å². The normalized spacial score (nSPS) is 15.4. The molecule has 1 aliphatic rings. The van der Waals surface area contributed by atoms with Crippen molar-refractivity contribution in [2.75, 3.05) is 13.1 Å². The van der Waals surface area contributed by atoms with Crippen LogP contribution in [0.25, 0.3) is 11.4 Å². The van der Waals surface area contributed by atoms with E-state index in [-0.39, 0.29) is 29.7 Å². The second-order valence-corrected chi connectivity index (χ2v) is 8.94. The summed E-state index contributed by atoms with van der Waals surface area (Å²) in [6, 6.07) is 13.0. The second kappa shape index (κ2) is 7.12. The monoisotopic (exact) mass is 417 g/mol. The molecule has 0 bridgehead atoms. The van der Waals surface area contributed by atoms with Gasteiger partial charge in [-0.2, -0.15) is 9.29 Å². The number of Topliss-reactive ketones (excluding diaryl/α,β-unsaturated/α-hetero) is 1. The summed E-state index contributed by atoms with van der Waals surface area (Å²) in [5.41, 5.74) is 1.21. The van der Waals surface area contributed by atoms with Gasteiger partial charge in [0.2, 0.25) is 21.7 Å². The Morgan fingerprint density at radius 3 is 2.54 bits per heavy atom. The molecule has 0 aliphatic carbocycles. The van der Waals surface area contributed by atoms with Crippen molar-refractivity contribution in [1.29, 1.82) is 0 Å². The maximum Gasteiger partial charge on any atom is 0.243 e. The van der Waals surface area contributed by atoms with Gasteiger partial charge in [0, 0.05) is 29.2 Å². The highest BCUT2D eigenvalue weighted by Gasteiger charge is 2.40. The number of ketones is 1. The van der Waals surface area contributed by atoms with E-state index in [1.165, 1.54) is 35.5 Å². The molecule has 0 radical (unpaired) electrons. The van der Waals surface area contributed by atoms with Crippen LogP contribution in [-0.4, -0.2) is 41.7 Å². The van der Waals surface area contributed by atoms with Crippen molar-refractivity contribution < 1.29 is 17.7 Å². The average Bonchev–Trinajstić information content (AvgIpc) is 3.10. The van der Waals surface area contributed by atoms with Crippen LogP contribution in [0, 0.1) is 0 Å². The van der Waals surface area contributed by atoms with Gasteiger partial charge < -0.3 is 4.52 Å². The fraction of sp³-hybridized carbons (Fsp3) is 0.211. The molecular formula is C19H16ClN3O4S. The molecule has 9 heteroatoms. The Labute approximate surface area is 167 Å². The van der Waals surface area contributed by atoms with Gasteiger partial charge in [0.25, 0.3) is 0 Å². The summed E-state index contributed by atoms with van der Waals surface area (Å²) >= 11 is 5.98. The number of sulfonamides is 1. The van der Waals surface area contributed by atoms with Gasteiger partial charge in [0.1, 0.15) is 0 Å². The van der Waals surface area contributed by atoms with Crippen LogP contribution in [0.1, 0.15) is 29.1 Å². The van der Waals surface area contributed by atoms with E-state index in [2.05, 4.69) is 10.1 Å². The maximum absolute atomic E-state index is 12.7. The van der Waals surface area contributed by atoms with E-state index in [9.17, 15) is 13.2 Å². The molecule has 0 unspecified atom stereocenters. The molecule has 0 atom stereocenters. The van der Waals surface area contributed by atoms with E-state index in [4.69, 9.17) is 16.1 Å². The minimum Gasteiger partial charge on any atom is -0.339 e. The van der Waals surface area contributed by atoms with Gasteiger partial charge in [-0.3, -0.25) is 4.79 Å². The summed E-state index contributed by atoms with van der Waals surface area (Å²) in [5.74, 6) is 0.540. The Kier molecular flexibility index (Phi) is 4.78. The highest BCUT2D eigenvalue weighted by Crippen LogP contribution is 2.32. The van der Waals surface area contributed by atoms with Gasteiger partial charge in [0.15, 0.2) is 5.78 Å². The number of carbonyl (C=O) groups excluding carboxylic acids is 1. The number of hydrogen-bond donors (Lipinski definition) is 0. The van der Waals surface area contributed by atoms with Crippen molar-refractivity contribution in [2.24, 2.45) is 0 Å². The zero-order valence-electron chi connectivity index (χ0n) is 14.9. The van der Waals surface area contributed by atoms with Gasteiger partial charge in [-0.1, -0.05) is 41.0 Å². The van der Waals surface area contributed by atoms with Crippen LogP contribution in [0.3, 0.4) is 0 Å². The fourth-order valence-electron chi connectivity index (χ4n) is 2.95. The van der Waals surface area contributed by atoms with Crippen molar-refractivity contribution in [3.8, 4) is 11.4 Å². The lowest BCUT2D eigenvalue weighted by Crippen LogP contribution is -2.48. The molecule has 2 heterocycles. The molecule has 4 rings (SSSR count). The van der Waals surface area contributed by atoms with E-state index in [1.54, 1.807) is 18.2 Å². The van der Waals surface area contributed by atoms with Crippen LogP contribution in [0.15, 0.2) is 57.9 Å². The van der Waals surface area contributed by atoms with E-state index in [0.717, 1.165) is 5.56 Å². The quantitative estimate of drug-likeness (QED) is 0.591. The van der Waals surface area contributed by atoms with Crippen molar-refractivity contribution in [2.45, 2.75) is 17.7 Å². The van der Waals surface area contributed by atoms with E-state index in [1.807, 2.05) is 6.07 Å². The summed E-state index contributed by atoms with van der Waals surface area (Å²) < 4.78 is 32.1. The summed E-state index contributed by atoms with van der Waals surface area (Å²) in [7, 11) is -3.62. The number of carbonyl (C=O) groups is 1. The van der Waals surface area contributed by atoms with Crippen molar-refractivity contribution in [1.82, 2.24) is 14.4 Å². The topological polar surface area (TPSA) is 93.4 Å². The molecule has 0 spiro atoms. The first-order valence-corrected chi connectivity index (χ1v) is 10.4. The summed E-state index contributed by atoms with van der Waals surface area (Å²) in [5, 5.41) is 4.53. The molecule has 144 valence electrons. The lowest BCUT2D eigenvalue weighted by Gasteiger charge is -2.35. The Morgan fingerprint density at radius 2 is 1.89 bits per heavy atom. The minimum atomic E-state index is -3.62. The Hall–Kier alpha value is -2.55. The molecule has 0 amide bonds. The highest BCUT2D eigenvalue weighted by atomic mass is 35.5. The molecular weight excluding hydrogens is 402 g/mol. The molecule has 1 fully saturated rings. The maximum atomic E-state index is 12.7. The van der Waals surface area contributed by atoms with E-state index in [0.29, 0.717) is 22.3 Å². The van der Waals surface area contributed by atoms with Crippen LogP contribution < -0.4 is 0 Å². The first kappa shape index (κ1) is 18.8. The Morgan fingerprint density at radius 1 is 1.18 bits per heavy atom. The summed E-state index contributed by atoms with van der Waals surface area (Å²) in [6.07, 6.45) is 0. The fourth-order valence-corrected chi connectivity index (χ4v) is 4.67. The minimum absolute atomic E-state index is 0.111. The van der Waals surface area contributed by atoms with E-state index >= 15 is 0 Å². The zero-order valence-corrected chi connectivity index (χ0v) is 16.4. The number of nitrogens with zero attached hydrogens (tertiary/aromatic N) is 3. The third-order valence-corrected chi connectivity index (χ3v) is 6.70. The lowest BCUT2D eigenvalue weighted by molar-refractivity contribution is 0.101. The average molecular weight is 418 g/mol. The number of rotatable bonds is 5. The van der Waals surface area contributed by atoms with E-state index < -0.39 is 10.0 Å². The first-order valence-electron chi connectivity index (χ1n) is 8.55. The zero-order chi connectivity index (χ0) is 19.9. The smallest absolute Gasteiger partial charge is 0.243 e. The molecule has 1 aromatic heterocycles. The molecule has 2 aromatic carbocycles. The number of hydrogen-bond acceptors (Lipinski definition) is 6. The standard InChI is InChI=1S/C19H16ClN3O4S/c1-12(24)13-5-7-17(8-6-13)28(25,26)23-10-15(11-23)19-21-18(22-27-19)14-3-2-4-16(20)9-14/h2-9,15H,10-11H2,1H3. The molecule has 3 aromatic rings. The van der Waals surface area contributed by atoms with Crippen molar-refractivity contribution >= 4 is 27.4 Å². The van der Waals surface area contributed by atoms with Gasteiger partial charge in [-0.05, 0) is 31.2 Å². The largest absolute Gasteiger partial charge is 0.339 e. The number of halogens is 1. The lowest BCUT2D eigenvalue weighted by atomic mass is 10.0. The first-order chi connectivity index (χ1) is 13.3. The van der Waals surface area contributed by atoms with Crippen LogP contribution in [0.4, 0.5) is 0 Å². The second-order valence-electron chi connectivity index (χ2n) is 6.57.